The molecule has 0 radical (unpaired) electrons. The van der Waals surface area contributed by atoms with Crippen LogP contribution in [0.2, 0.25) is 0 Å². The Labute approximate surface area is 205 Å². The van der Waals surface area contributed by atoms with Gasteiger partial charge < -0.3 is 19.7 Å². The first kappa shape index (κ1) is 24.0. The number of rotatable bonds is 6. The van der Waals surface area contributed by atoms with Crippen LogP contribution in [0, 0.1) is 0 Å². The number of aromatic nitrogens is 1. The van der Waals surface area contributed by atoms with Gasteiger partial charge in [0.25, 0.3) is 15.9 Å². The molecule has 0 fully saturated rings. The Morgan fingerprint density at radius 3 is 2.54 bits per heavy atom. The summed E-state index contributed by atoms with van der Waals surface area (Å²) < 4.78 is 38.5. The molecule has 0 spiro atoms. The largest absolute Gasteiger partial charge is 0.493 e. The predicted octanol–water partition coefficient (Wildman–Crippen LogP) is 3.40. The number of benzene rings is 2. The van der Waals surface area contributed by atoms with Crippen LogP contribution in [-0.4, -0.2) is 58.1 Å². The number of nitrogens with one attached hydrogen (secondary N) is 2. The van der Waals surface area contributed by atoms with Crippen LogP contribution in [0.15, 0.2) is 59.6 Å². The lowest BCUT2D eigenvalue weighted by Crippen LogP contribution is -2.34. The molecule has 0 atom stereocenters. The summed E-state index contributed by atoms with van der Waals surface area (Å²) in [7, 11) is 0.506. The highest BCUT2D eigenvalue weighted by Gasteiger charge is 2.24. The highest BCUT2D eigenvalue weighted by molar-refractivity contribution is 7.90. The molecule has 3 amide bonds. The Kier molecular flexibility index (Phi) is 6.61. The van der Waals surface area contributed by atoms with Gasteiger partial charge in [-0.1, -0.05) is 0 Å². The molecule has 1 aliphatic rings. The van der Waals surface area contributed by atoms with E-state index in [1.165, 1.54) is 36.3 Å². The SMILES string of the molecule is COc1cc(-c2ccc3c(c2NC(=O)NS(=O)(=O)c2ccc(C(=O)N(C)C)cc2)CCO3)ccn1.[HH].[HH]. The van der Waals surface area contributed by atoms with E-state index in [-0.39, 0.29) is 13.7 Å². The Bertz CT molecular complexity index is 1400. The van der Waals surface area contributed by atoms with Crippen LogP contribution in [0.25, 0.3) is 11.1 Å². The van der Waals surface area contributed by atoms with Crippen molar-refractivity contribution in [2.24, 2.45) is 0 Å². The van der Waals surface area contributed by atoms with Crippen LogP contribution in [0.4, 0.5) is 10.5 Å². The van der Waals surface area contributed by atoms with E-state index in [4.69, 9.17) is 9.47 Å². The number of hydrogen-bond acceptors (Lipinski definition) is 7. The zero-order chi connectivity index (χ0) is 25.2. The second-order valence-electron chi connectivity index (χ2n) is 7.93. The quantitative estimate of drug-likeness (QED) is 0.531. The zero-order valence-electron chi connectivity index (χ0n) is 19.4. The molecule has 11 heteroatoms. The average Bonchev–Trinajstić information content (AvgIpc) is 3.33. The third-order valence-corrected chi connectivity index (χ3v) is 6.76. The minimum Gasteiger partial charge on any atom is -0.493 e. The first-order valence-electron chi connectivity index (χ1n) is 10.6. The molecule has 3 aromatic rings. The number of urea groups is 1. The van der Waals surface area contributed by atoms with Crippen LogP contribution < -0.4 is 19.5 Å². The fraction of sp³-hybridized carbons (Fsp3) is 0.208. The van der Waals surface area contributed by atoms with E-state index in [1.54, 1.807) is 44.6 Å². The molecule has 0 saturated carbocycles. The lowest BCUT2D eigenvalue weighted by atomic mass is 9.99. The van der Waals surface area contributed by atoms with Crippen molar-refractivity contribution < 1.29 is 30.3 Å². The van der Waals surface area contributed by atoms with Gasteiger partial charge in [0.15, 0.2) is 0 Å². The number of fused-ring (bicyclic) bond motifs is 1. The van der Waals surface area contributed by atoms with Crippen molar-refractivity contribution in [3.63, 3.8) is 0 Å². The second kappa shape index (κ2) is 9.63. The van der Waals surface area contributed by atoms with Gasteiger partial charge in [-0.15, -0.1) is 0 Å². The Hall–Kier alpha value is -4.12. The fourth-order valence-corrected chi connectivity index (χ4v) is 4.61. The number of sulfonamides is 1. The van der Waals surface area contributed by atoms with Crippen molar-refractivity contribution in [1.29, 1.82) is 0 Å². The van der Waals surface area contributed by atoms with Crippen molar-refractivity contribution in [2.45, 2.75) is 11.3 Å². The Balaban J connectivity index is 0.00000241. The smallest absolute Gasteiger partial charge is 0.333 e. The molecular formula is C24H28N4O6S. The molecule has 35 heavy (non-hydrogen) atoms. The van der Waals surface area contributed by atoms with Gasteiger partial charge in [-0.3, -0.25) is 4.79 Å². The molecule has 1 aromatic heterocycles. The lowest BCUT2D eigenvalue weighted by Gasteiger charge is -2.16. The predicted molar refractivity (Wildman–Crippen MR) is 133 cm³/mol. The molecule has 0 unspecified atom stereocenters. The van der Waals surface area contributed by atoms with E-state index in [2.05, 4.69) is 10.3 Å². The van der Waals surface area contributed by atoms with E-state index in [0.29, 0.717) is 41.5 Å². The van der Waals surface area contributed by atoms with Gasteiger partial charge in [0.05, 0.1) is 24.3 Å². The zero-order valence-corrected chi connectivity index (χ0v) is 20.2. The van der Waals surface area contributed by atoms with Gasteiger partial charge in [0.1, 0.15) is 5.75 Å². The maximum absolute atomic E-state index is 12.8. The van der Waals surface area contributed by atoms with Crippen LogP contribution in [0.5, 0.6) is 11.6 Å². The van der Waals surface area contributed by atoms with Crippen molar-refractivity contribution in [3.8, 4) is 22.8 Å². The van der Waals surface area contributed by atoms with Crippen molar-refractivity contribution in [1.82, 2.24) is 14.6 Å². The Morgan fingerprint density at radius 2 is 1.86 bits per heavy atom. The van der Waals surface area contributed by atoms with Crippen molar-refractivity contribution in [2.75, 3.05) is 33.1 Å². The number of ether oxygens (including phenoxy) is 2. The maximum Gasteiger partial charge on any atom is 0.333 e. The third-order valence-electron chi connectivity index (χ3n) is 5.42. The van der Waals surface area contributed by atoms with Gasteiger partial charge in [-0.25, -0.2) is 22.9 Å². The van der Waals surface area contributed by atoms with Gasteiger partial charge in [-0.2, -0.15) is 0 Å². The minimum atomic E-state index is -4.19. The van der Waals surface area contributed by atoms with Crippen molar-refractivity contribution in [3.05, 3.63) is 65.9 Å². The fourth-order valence-electron chi connectivity index (χ4n) is 3.70. The van der Waals surface area contributed by atoms with Gasteiger partial charge in [-0.05, 0) is 48.0 Å². The van der Waals surface area contributed by atoms with E-state index in [9.17, 15) is 18.0 Å². The Morgan fingerprint density at radius 1 is 1.11 bits per heavy atom. The number of hydrogen-bond donors (Lipinski definition) is 2. The molecule has 186 valence electrons. The summed E-state index contributed by atoms with van der Waals surface area (Å²) in [4.78, 5) is 30.2. The topological polar surface area (TPSA) is 127 Å². The average molecular weight is 501 g/mol. The first-order chi connectivity index (χ1) is 16.7. The number of amides is 3. The molecule has 4 rings (SSSR count). The monoisotopic (exact) mass is 500 g/mol. The summed E-state index contributed by atoms with van der Waals surface area (Å²) >= 11 is 0. The molecule has 10 nitrogen and oxygen atoms in total. The number of methoxy groups -OCH3 is 1. The standard InChI is InChI=1S/C24H24N4O6S.2H2/c1-28(2)23(29)15-4-6-17(7-5-15)35(31,32)27-24(30)26-22-18(8-9-20-19(22)11-13-34-20)16-10-12-25-21(14-16)33-3;;/h4-10,12,14H,11,13H2,1-3H3,(H2,26,27,30);2*1H. The van der Waals surface area contributed by atoms with E-state index in [0.717, 1.165) is 11.1 Å². The molecule has 0 bridgehead atoms. The number of carbonyl (C=O) groups excluding carboxylic acids is 2. The maximum atomic E-state index is 12.8. The molecule has 0 saturated heterocycles. The summed E-state index contributed by atoms with van der Waals surface area (Å²) in [5.74, 6) is 0.752. The number of anilines is 1. The number of carbonyl (C=O) groups is 2. The van der Waals surface area contributed by atoms with Gasteiger partial charge >= 0.3 is 6.03 Å². The van der Waals surface area contributed by atoms with Crippen molar-refractivity contribution >= 4 is 27.6 Å². The van der Waals surface area contributed by atoms with Crippen LogP contribution >= 0.6 is 0 Å². The van der Waals surface area contributed by atoms with Crippen LogP contribution in [-0.2, 0) is 16.4 Å². The summed E-state index contributed by atoms with van der Waals surface area (Å²) in [5, 5.41) is 2.69. The first-order valence-corrected chi connectivity index (χ1v) is 12.1. The molecular weight excluding hydrogens is 472 g/mol. The number of pyridine rings is 1. The molecule has 2 N–H and O–H groups in total. The van der Waals surface area contributed by atoms with E-state index < -0.39 is 16.1 Å². The third kappa shape index (κ3) is 5.04. The summed E-state index contributed by atoms with van der Waals surface area (Å²) in [6.45, 7) is 0.449. The molecule has 1 aliphatic heterocycles. The van der Waals surface area contributed by atoms with E-state index >= 15 is 0 Å². The lowest BCUT2D eigenvalue weighted by molar-refractivity contribution is 0.0827. The summed E-state index contributed by atoms with van der Waals surface area (Å²) in [6, 6.07) is 11.5. The molecule has 2 heterocycles. The molecule has 2 aromatic carbocycles. The minimum absolute atomic E-state index is 0. The number of nitrogens with zero attached hydrogens (tertiary/aromatic N) is 2. The van der Waals surface area contributed by atoms with Crippen LogP contribution in [0.3, 0.4) is 0 Å². The summed E-state index contributed by atoms with van der Waals surface area (Å²) in [6.07, 6.45) is 2.13. The van der Waals surface area contributed by atoms with Gasteiger partial charge in [0.2, 0.25) is 5.88 Å². The second-order valence-corrected chi connectivity index (χ2v) is 9.62. The normalized spacial score (nSPS) is 12.3. The highest BCUT2D eigenvalue weighted by atomic mass is 32.2. The van der Waals surface area contributed by atoms with Crippen LogP contribution in [0.1, 0.15) is 18.8 Å². The van der Waals surface area contributed by atoms with E-state index in [1.807, 2.05) is 4.72 Å². The highest BCUT2D eigenvalue weighted by Crippen LogP contribution is 2.40. The molecule has 0 aliphatic carbocycles. The summed E-state index contributed by atoms with van der Waals surface area (Å²) in [5.41, 5.74) is 2.92. The van der Waals surface area contributed by atoms with Gasteiger partial charge in [0, 0.05) is 52.3 Å².